The molecule has 3 heteroatoms. The van der Waals surface area contributed by atoms with E-state index < -0.39 is 11.6 Å². The van der Waals surface area contributed by atoms with E-state index in [0.717, 1.165) is 25.2 Å². The molecule has 1 saturated carbocycles. The first-order chi connectivity index (χ1) is 15.1. The normalized spacial score (nSPS) is 18.8. The van der Waals surface area contributed by atoms with Crippen molar-refractivity contribution in [2.24, 2.45) is 5.92 Å². The predicted octanol–water partition coefficient (Wildman–Crippen LogP) is 9.05. The minimum absolute atomic E-state index is 0.00432. The molecular weight excluding hydrogens is 390 g/mol. The fraction of sp³-hybridized carbons (Fsp3) is 0.571. The van der Waals surface area contributed by atoms with E-state index in [1.54, 1.807) is 12.1 Å². The molecule has 1 fully saturated rings. The van der Waals surface area contributed by atoms with Crippen LogP contribution in [-0.2, 0) is 0 Å². The highest BCUT2D eigenvalue weighted by atomic mass is 19.2. The molecule has 1 nitrogen and oxygen atoms in total. The number of rotatable bonds is 11. The van der Waals surface area contributed by atoms with Gasteiger partial charge in [0.2, 0.25) is 5.82 Å². The lowest BCUT2D eigenvalue weighted by Crippen LogP contribution is -2.13. The maximum absolute atomic E-state index is 14.7. The summed E-state index contributed by atoms with van der Waals surface area (Å²) in [6.45, 7) is 4.77. The molecule has 0 unspecified atom stereocenters. The summed E-state index contributed by atoms with van der Waals surface area (Å²) in [7, 11) is 0. The molecule has 0 aliphatic heterocycles. The van der Waals surface area contributed by atoms with Crippen LogP contribution in [0.3, 0.4) is 0 Å². The van der Waals surface area contributed by atoms with Gasteiger partial charge < -0.3 is 4.74 Å². The van der Waals surface area contributed by atoms with Crippen LogP contribution in [0.15, 0.2) is 36.4 Å². The molecule has 0 bridgehead atoms. The van der Waals surface area contributed by atoms with Gasteiger partial charge in [0.05, 0.1) is 6.61 Å². The van der Waals surface area contributed by atoms with Crippen molar-refractivity contribution in [2.75, 3.05) is 6.61 Å². The third-order valence-electron chi connectivity index (χ3n) is 6.81. The Balaban J connectivity index is 1.59. The Morgan fingerprint density at radius 3 is 2.13 bits per heavy atom. The van der Waals surface area contributed by atoms with Crippen LogP contribution >= 0.6 is 0 Å². The lowest BCUT2D eigenvalue weighted by atomic mass is 9.77. The van der Waals surface area contributed by atoms with Crippen molar-refractivity contribution in [3.05, 3.63) is 53.6 Å². The zero-order valence-electron chi connectivity index (χ0n) is 19.3. The monoisotopic (exact) mass is 428 g/mol. The summed E-state index contributed by atoms with van der Waals surface area (Å²) in [5.74, 6) is -0.226. The number of hydrogen-bond acceptors (Lipinski definition) is 1. The zero-order valence-corrected chi connectivity index (χ0v) is 19.3. The second-order valence-corrected chi connectivity index (χ2v) is 9.13. The van der Waals surface area contributed by atoms with E-state index >= 15 is 0 Å². The molecule has 1 aliphatic carbocycles. The number of benzene rings is 2. The lowest BCUT2D eigenvalue weighted by Gasteiger charge is -2.29. The Kier molecular flexibility index (Phi) is 9.36. The number of unbranched alkanes of at least 4 members (excludes halogenated alkanes) is 4. The average molecular weight is 429 g/mol. The summed E-state index contributed by atoms with van der Waals surface area (Å²) in [6.07, 6.45) is 13.4. The van der Waals surface area contributed by atoms with Crippen LogP contribution < -0.4 is 4.74 Å². The smallest absolute Gasteiger partial charge is 0.201 e. The second kappa shape index (κ2) is 12.2. The SMILES string of the molecule is CCCCCOc1ccc(-c2ccc([C@H]3CC[C@H](CCCCC)CC3)cc2)c(F)c1F. The molecule has 2 aromatic rings. The first-order valence-corrected chi connectivity index (χ1v) is 12.3. The summed E-state index contributed by atoms with van der Waals surface area (Å²) in [6, 6.07) is 11.2. The predicted molar refractivity (Wildman–Crippen MR) is 126 cm³/mol. The highest BCUT2D eigenvalue weighted by molar-refractivity contribution is 5.65. The van der Waals surface area contributed by atoms with Gasteiger partial charge in [-0.05, 0) is 67.2 Å². The quantitative estimate of drug-likeness (QED) is 0.324. The summed E-state index contributed by atoms with van der Waals surface area (Å²) >= 11 is 0. The van der Waals surface area contributed by atoms with Crippen LogP contribution in [0, 0.1) is 17.6 Å². The molecule has 0 aromatic heterocycles. The summed E-state index contributed by atoms with van der Waals surface area (Å²) in [5, 5.41) is 0. The van der Waals surface area contributed by atoms with Crippen LogP contribution in [0.1, 0.15) is 96.0 Å². The number of hydrogen-bond donors (Lipinski definition) is 0. The molecular formula is C28H38F2O. The molecule has 0 amide bonds. The van der Waals surface area contributed by atoms with Crippen molar-refractivity contribution in [1.82, 2.24) is 0 Å². The Morgan fingerprint density at radius 1 is 0.774 bits per heavy atom. The number of ether oxygens (including phenoxy) is 1. The van der Waals surface area contributed by atoms with Crippen molar-refractivity contribution in [2.45, 2.75) is 90.4 Å². The molecule has 0 atom stereocenters. The van der Waals surface area contributed by atoms with Crippen molar-refractivity contribution in [3.8, 4) is 16.9 Å². The first kappa shape index (κ1) is 23.8. The van der Waals surface area contributed by atoms with Gasteiger partial charge in [-0.2, -0.15) is 4.39 Å². The van der Waals surface area contributed by atoms with E-state index in [2.05, 4.69) is 26.0 Å². The maximum atomic E-state index is 14.7. The van der Waals surface area contributed by atoms with E-state index in [9.17, 15) is 8.78 Å². The van der Waals surface area contributed by atoms with Gasteiger partial charge in [-0.1, -0.05) is 76.6 Å². The lowest BCUT2D eigenvalue weighted by molar-refractivity contribution is 0.286. The van der Waals surface area contributed by atoms with E-state index in [4.69, 9.17) is 4.74 Å². The van der Waals surface area contributed by atoms with Crippen LogP contribution in [0.2, 0.25) is 0 Å². The van der Waals surface area contributed by atoms with Crippen molar-refractivity contribution in [3.63, 3.8) is 0 Å². The standard InChI is InChI=1S/C28H38F2O/c1-3-5-7-9-21-10-12-22(13-11-21)23-14-16-24(17-15-23)25-18-19-26(28(30)27(25)29)31-20-8-6-4-2/h14-19,21-22H,3-13,20H2,1-2H3/t21-,22-. The van der Waals surface area contributed by atoms with Gasteiger partial charge >= 0.3 is 0 Å². The Bertz CT molecular complexity index is 791. The minimum Gasteiger partial charge on any atom is -0.490 e. The van der Waals surface area contributed by atoms with Gasteiger partial charge in [0.25, 0.3) is 0 Å². The maximum Gasteiger partial charge on any atom is 0.201 e. The molecule has 0 heterocycles. The molecule has 0 N–H and O–H groups in total. The molecule has 170 valence electrons. The molecule has 0 spiro atoms. The molecule has 1 aliphatic rings. The van der Waals surface area contributed by atoms with Gasteiger partial charge in [-0.15, -0.1) is 0 Å². The van der Waals surface area contributed by atoms with Crippen LogP contribution in [0.4, 0.5) is 8.78 Å². The molecule has 31 heavy (non-hydrogen) atoms. The Hall–Kier alpha value is -1.90. The fourth-order valence-corrected chi connectivity index (χ4v) is 4.80. The van der Waals surface area contributed by atoms with E-state index in [-0.39, 0.29) is 5.75 Å². The third kappa shape index (κ3) is 6.54. The van der Waals surface area contributed by atoms with Gasteiger partial charge in [-0.3, -0.25) is 0 Å². The van der Waals surface area contributed by atoms with Crippen molar-refractivity contribution < 1.29 is 13.5 Å². The van der Waals surface area contributed by atoms with E-state index in [0.29, 0.717) is 23.7 Å². The highest BCUT2D eigenvalue weighted by Crippen LogP contribution is 2.38. The Morgan fingerprint density at radius 2 is 1.45 bits per heavy atom. The molecule has 2 aromatic carbocycles. The summed E-state index contributed by atoms with van der Waals surface area (Å²) < 4.78 is 34.6. The molecule has 0 saturated heterocycles. The highest BCUT2D eigenvalue weighted by Gasteiger charge is 2.22. The average Bonchev–Trinajstić information content (AvgIpc) is 2.80. The van der Waals surface area contributed by atoms with Gasteiger partial charge in [0, 0.05) is 5.56 Å². The topological polar surface area (TPSA) is 9.23 Å². The van der Waals surface area contributed by atoms with Crippen LogP contribution in [-0.4, -0.2) is 6.61 Å². The van der Waals surface area contributed by atoms with Gasteiger partial charge in [0.1, 0.15) is 0 Å². The van der Waals surface area contributed by atoms with Crippen molar-refractivity contribution >= 4 is 0 Å². The summed E-state index contributed by atoms with van der Waals surface area (Å²) in [4.78, 5) is 0. The van der Waals surface area contributed by atoms with Crippen LogP contribution in [0.5, 0.6) is 5.75 Å². The fourth-order valence-electron chi connectivity index (χ4n) is 4.80. The van der Waals surface area contributed by atoms with Gasteiger partial charge in [0.15, 0.2) is 11.6 Å². The van der Waals surface area contributed by atoms with Crippen molar-refractivity contribution in [1.29, 1.82) is 0 Å². The van der Waals surface area contributed by atoms with E-state index in [1.807, 2.05) is 12.1 Å². The first-order valence-electron chi connectivity index (χ1n) is 12.3. The molecule has 0 radical (unpaired) electrons. The Labute approximate surface area is 187 Å². The second-order valence-electron chi connectivity index (χ2n) is 9.13. The van der Waals surface area contributed by atoms with Gasteiger partial charge in [-0.25, -0.2) is 4.39 Å². The minimum atomic E-state index is -0.889. The number of halogens is 2. The largest absolute Gasteiger partial charge is 0.490 e. The zero-order chi connectivity index (χ0) is 22.1. The van der Waals surface area contributed by atoms with E-state index in [1.165, 1.54) is 56.9 Å². The summed E-state index contributed by atoms with van der Waals surface area (Å²) in [5.41, 5.74) is 2.34. The van der Waals surface area contributed by atoms with Crippen LogP contribution in [0.25, 0.3) is 11.1 Å². The molecule has 3 rings (SSSR count). The third-order valence-corrected chi connectivity index (χ3v) is 6.81.